The fourth-order valence-electron chi connectivity index (χ4n) is 3.69. The van der Waals surface area contributed by atoms with Crippen LogP contribution in [0.25, 0.3) is 0 Å². The van der Waals surface area contributed by atoms with Crippen molar-refractivity contribution in [1.82, 2.24) is 0 Å². The summed E-state index contributed by atoms with van der Waals surface area (Å²) >= 11 is 0. The van der Waals surface area contributed by atoms with Gasteiger partial charge in [0.1, 0.15) is 0 Å². The average molecular weight is 204 g/mol. The highest BCUT2D eigenvalue weighted by Crippen LogP contribution is 2.52. The van der Waals surface area contributed by atoms with E-state index >= 15 is 0 Å². The summed E-state index contributed by atoms with van der Waals surface area (Å²) in [6.45, 7) is 4.59. The maximum absolute atomic E-state index is 2.56. The molecule has 0 saturated heterocycles. The van der Waals surface area contributed by atoms with Crippen molar-refractivity contribution >= 4 is 0 Å². The van der Waals surface area contributed by atoms with Crippen molar-refractivity contribution in [3.8, 4) is 0 Å². The molecule has 0 N–H and O–H groups in total. The Balaban J connectivity index is 2.17. The van der Waals surface area contributed by atoms with Crippen LogP contribution in [-0.2, 0) is 0 Å². The van der Waals surface area contributed by atoms with Crippen molar-refractivity contribution < 1.29 is 0 Å². The third kappa shape index (κ3) is 2.04. The first kappa shape index (κ1) is 11.0. The minimum atomic E-state index is 0.581. The molecule has 0 aromatic carbocycles. The molecule has 2 rings (SSSR count). The van der Waals surface area contributed by atoms with Gasteiger partial charge in [0.05, 0.1) is 0 Å². The fourth-order valence-corrected chi connectivity index (χ4v) is 3.69. The second-order valence-corrected chi connectivity index (χ2v) is 5.47. The van der Waals surface area contributed by atoms with E-state index in [0.717, 1.165) is 11.8 Å². The molecule has 0 nitrogen and oxygen atoms in total. The molecule has 0 heteroatoms. The van der Waals surface area contributed by atoms with Crippen LogP contribution in [0.4, 0.5) is 0 Å². The van der Waals surface area contributed by atoms with Gasteiger partial charge in [-0.3, -0.25) is 0 Å². The highest BCUT2D eigenvalue weighted by Gasteiger charge is 2.42. The van der Waals surface area contributed by atoms with Crippen LogP contribution in [-0.4, -0.2) is 0 Å². The topological polar surface area (TPSA) is 0 Å². The maximum atomic E-state index is 2.56. The molecule has 0 heterocycles. The highest BCUT2D eigenvalue weighted by molar-refractivity contribution is 5.12. The quantitative estimate of drug-likeness (QED) is 0.571. The zero-order valence-electron chi connectivity index (χ0n) is 10.2. The van der Waals surface area contributed by atoms with E-state index < -0.39 is 0 Å². The largest absolute Gasteiger partial charge is 0.0917 e. The summed E-state index contributed by atoms with van der Waals surface area (Å²) in [4.78, 5) is 0. The van der Waals surface area contributed by atoms with E-state index in [4.69, 9.17) is 0 Å². The predicted octanol–water partition coefficient (Wildman–Crippen LogP) is 4.73. The Labute approximate surface area is 94.5 Å². The van der Waals surface area contributed by atoms with E-state index in [0.29, 0.717) is 5.41 Å². The second kappa shape index (κ2) is 4.55. The van der Waals surface area contributed by atoms with Crippen LogP contribution in [0.3, 0.4) is 0 Å². The lowest BCUT2D eigenvalue weighted by Gasteiger charge is -2.41. The molecule has 2 aliphatic carbocycles. The Hall–Kier alpha value is -0.520. The van der Waals surface area contributed by atoms with Crippen LogP contribution in [0.15, 0.2) is 24.3 Å². The minimum Gasteiger partial charge on any atom is -0.0917 e. The van der Waals surface area contributed by atoms with Gasteiger partial charge in [0, 0.05) is 0 Å². The monoisotopic (exact) mass is 204 g/mol. The zero-order valence-corrected chi connectivity index (χ0v) is 10.2. The van der Waals surface area contributed by atoms with Gasteiger partial charge in [-0.1, -0.05) is 44.1 Å². The van der Waals surface area contributed by atoms with E-state index in [-0.39, 0.29) is 0 Å². The molecular weight excluding hydrogens is 180 g/mol. The van der Waals surface area contributed by atoms with E-state index in [9.17, 15) is 0 Å². The van der Waals surface area contributed by atoms with E-state index in [1.54, 1.807) is 0 Å². The number of allylic oxidation sites excluding steroid dienone is 4. The smallest absolute Gasteiger partial charge is 0.00844 e. The van der Waals surface area contributed by atoms with Crippen LogP contribution in [0.5, 0.6) is 0 Å². The van der Waals surface area contributed by atoms with Crippen molar-refractivity contribution in [3.63, 3.8) is 0 Å². The molecule has 0 aliphatic heterocycles. The minimum absolute atomic E-state index is 0.581. The summed E-state index contributed by atoms with van der Waals surface area (Å²) < 4.78 is 0. The van der Waals surface area contributed by atoms with Crippen molar-refractivity contribution in [3.05, 3.63) is 24.3 Å². The summed E-state index contributed by atoms with van der Waals surface area (Å²) in [5.74, 6) is 1.78. The molecule has 2 aliphatic rings. The summed E-state index contributed by atoms with van der Waals surface area (Å²) in [6.07, 6.45) is 18.0. The molecule has 1 fully saturated rings. The lowest BCUT2D eigenvalue weighted by Crippen LogP contribution is -2.32. The maximum Gasteiger partial charge on any atom is -0.00844 e. The van der Waals surface area contributed by atoms with Crippen molar-refractivity contribution in [2.24, 2.45) is 17.3 Å². The Kier molecular flexibility index (Phi) is 3.33. The number of rotatable bonds is 2. The molecule has 2 atom stereocenters. The second-order valence-electron chi connectivity index (χ2n) is 5.47. The molecule has 1 spiro atoms. The number of hydrogen-bond donors (Lipinski definition) is 0. The van der Waals surface area contributed by atoms with Crippen molar-refractivity contribution in [2.45, 2.75) is 52.4 Å². The summed E-state index contributed by atoms with van der Waals surface area (Å²) in [7, 11) is 0. The molecule has 0 amide bonds. The standard InChI is InChI=1S/C15H24/c1-3-4-9-14-13(2)8-7-12-15(14)10-5-6-11-15/h3-4,7,12-14H,5-6,8-11H2,1-2H3/b4-3+. The van der Waals surface area contributed by atoms with E-state index in [2.05, 4.69) is 38.2 Å². The molecule has 0 aromatic heterocycles. The Morgan fingerprint density at radius 1 is 1.33 bits per heavy atom. The molecular formula is C15H24. The highest BCUT2D eigenvalue weighted by atomic mass is 14.5. The van der Waals surface area contributed by atoms with Gasteiger partial charge in [-0.05, 0) is 49.9 Å². The Morgan fingerprint density at radius 2 is 2.07 bits per heavy atom. The first-order chi connectivity index (χ1) is 7.28. The SMILES string of the molecule is C/C=C/CC1C(C)CC=CC12CCCC2. The number of hydrogen-bond acceptors (Lipinski definition) is 0. The summed E-state index contributed by atoms with van der Waals surface area (Å²) in [6, 6.07) is 0. The van der Waals surface area contributed by atoms with Gasteiger partial charge in [-0.15, -0.1) is 0 Å². The Morgan fingerprint density at radius 3 is 2.73 bits per heavy atom. The first-order valence-electron chi connectivity index (χ1n) is 6.57. The van der Waals surface area contributed by atoms with Gasteiger partial charge in [-0.2, -0.15) is 0 Å². The Bertz CT molecular complexity index is 253. The molecule has 84 valence electrons. The lowest BCUT2D eigenvalue weighted by atomic mass is 9.63. The van der Waals surface area contributed by atoms with Crippen LogP contribution >= 0.6 is 0 Å². The molecule has 15 heavy (non-hydrogen) atoms. The zero-order chi connectivity index (χ0) is 10.7. The van der Waals surface area contributed by atoms with Crippen LogP contribution in [0.1, 0.15) is 52.4 Å². The van der Waals surface area contributed by atoms with E-state index in [1.807, 2.05) is 0 Å². The van der Waals surface area contributed by atoms with Gasteiger partial charge in [0.2, 0.25) is 0 Å². The van der Waals surface area contributed by atoms with Crippen LogP contribution < -0.4 is 0 Å². The normalized spacial score (nSPS) is 34.3. The average Bonchev–Trinajstić information content (AvgIpc) is 2.67. The summed E-state index contributed by atoms with van der Waals surface area (Å²) in [5, 5.41) is 0. The van der Waals surface area contributed by atoms with Gasteiger partial charge in [0.25, 0.3) is 0 Å². The summed E-state index contributed by atoms with van der Waals surface area (Å²) in [5.41, 5.74) is 0.581. The van der Waals surface area contributed by atoms with Gasteiger partial charge in [-0.25, -0.2) is 0 Å². The predicted molar refractivity (Wildman–Crippen MR) is 66.7 cm³/mol. The van der Waals surface area contributed by atoms with Gasteiger partial charge < -0.3 is 0 Å². The fraction of sp³-hybridized carbons (Fsp3) is 0.733. The van der Waals surface area contributed by atoms with Crippen molar-refractivity contribution in [1.29, 1.82) is 0 Å². The van der Waals surface area contributed by atoms with Crippen LogP contribution in [0.2, 0.25) is 0 Å². The van der Waals surface area contributed by atoms with Gasteiger partial charge in [0.15, 0.2) is 0 Å². The third-order valence-corrected chi connectivity index (χ3v) is 4.54. The van der Waals surface area contributed by atoms with Crippen LogP contribution in [0, 0.1) is 17.3 Å². The van der Waals surface area contributed by atoms with Gasteiger partial charge >= 0.3 is 0 Å². The molecule has 0 radical (unpaired) electrons. The van der Waals surface area contributed by atoms with Crippen molar-refractivity contribution in [2.75, 3.05) is 0 Å². The van der Waals surface area contributed by atoms with E-state index in [1.165, 1.54) is 38.5 Å². The third-order valence-electron chi connectivity index (χ3n) is 4.54. The molecule has 1 saturated carbocycles. The molecule has 0 aromatic rings. The first-order valence-corrected chi connectivity index (χ1v) is 6.57. The lowest BCUT2D eigenvalue weighted by molar-refractivity contribution is 0.154. The molecule has 2 unspecified atom stereocenters. The molecule has 0 bridgehead atoms.